The number of ether oxygens (including phenoxy) is 2. The third kappa shape index (κ3) is 2.89. The van der Waals surface area contributed by atoms with E-state index in [0.717, 1.165) is 0 Å². The average Bonchev–Trinajstić information content (AvgIpc) is 2.38. The Balaban J connectivity index is 3.19. The lowest BCUT2D eigenvalue weighted by atomic mass is 10.2. The van der Waals surface area contributed by atoms with Gasteiger partial charge in [0.25, 0.3) is 10.0 Å². The third-order valence-electron chi connectivity index (χ3n) is 2.60. The molecule has 9 heteroatoms. The van der Waals surface area contributed by atoms with Crippen LogP contribution in [-0.4, -0.2) is 32.9 Å². The van der Waals surface area contributed by atoms with Gasteiger partial charge in [0, 0.05) is 29.2 Å². The Hall–Kier alpha value is -1.38. The van der Waals surface area contributed by atoms with Crippen LogP contribution in [0, 0.1) is 0 Å². The molecule has 0 heterocycles. The summed E-state index contributed by atoms with van der Waals surface area (Å²) in [7, 11) is -0.348. The Labute approximate surface area is 108 Å². The van der Waals surface area contributed by atoms with Crippen LogP contribution >= 0.6 is 0 Å². The largest absolute Gasteiger partial charge is 0.354 e. The predicted octanol–water partition coefficient (Wildman–Crippen LogP) is 0.454. The highest BCUT2D eigenvalue weighted by molar-refractivity contribution is 7.90. The first-order valence-corrected chi connectivity index (χ1v) is 7.36. The third-order valence-corrected chi connectivity index (χ3v) is 5.15. The number of nitrogens with zero attached hydrogens (tertiary/aromatic N) is 3. The molecule has 0 aliphatic carbocycles. The van der Waals surface area contributed by atoms with Crippen LogP contribution in [-0.2, 0) is 24.9 Å². The maximum atomic E-state index is 11.5. The summed E-state index contributed by atoms with van der Waals surface area (Å²) in [6.45, 7) is 0. The van der Waals surface area contributed by atoms with E-state index in [1.807, 2.05) is 0 Å². The molecule has 0 unspecified atom stereocenters. The van der Waals surface area contributed by atoms with Gasteiger partial charge in [0.2, 0.25) is 0 Å². The van der Waals surface area contributed by atoms with Crippen LogP contribution in [0.3, 0.4) is 0 Å². The van der Waals surface area contributed by atoms with Crippen LogP contribution in [0.1, 0.15) is 5.56 Å². The molecule has 0 atom stereocenters. The highest BCUT2D eigenvalue weighted by Gasteiger charge is 2.25. The lowest BCUT2D eigenvalue weighted by Gasteiger charge is -2.27. The van der Waals surface area contributed by atoms with Crippen LogP contribution in [0.15, 0.2) is 33.7 Å². The molecule has 0 amide bonds. The first-order valence-electron chi connectivity index (χ1n) is 4.92. The molecule has 0 saturated carbocycles. The van der Waals surface area contributed by atoms with Crippen molar-refractivity contribution in [3.63, 3.8) is 0 Å². The van der Waals surface area contributed by atoms with Crippen LogP contribution < -0.4 is 0 Å². The van der Waals surface area contributed by atoms with Crippen molar-refractivity contribution in [2.45, 2.75) is 10.3 Å². The van der Waals surface area contributed by atoms with Crippen molar-refractivity contribution in [3.8, 4) is 0 Å². The Morgan fingerprint density at radius 2 is 1.78 bits per heavy atom. The fraction of sp³-hybridized carbons (Fsp3) is 0.333. The minimum atomic E-state index is -3.95. The molecule has 98 valence electrons. The van der Waals surface area contributed by atoms with Gasteiger partial charge in [-0.3, -0.25) is 0 Å². The first-order chi connectivity index (χ1) is 8.39. The smallest absolute Gasteiger partial charge is 0.264 e. The molecule has 0 saturated heterocycles. The van der Waals surface area contributed by atoms with Crippen molar-refractivity contribution in [1.82, 2.24) is 0 Å². The van der Waals surface area contributed by atoms with Crippen molar-refractivity contribution in [2.75, 3.05) is 14.2 Å². The van der Waals surface area contributed by atoms with Gasteiger partial charge in [-0.2, -0.15) is 0 Å². The van der Waals surface area contributed by atoms with Crippen LogP contribution in [0.2, 0.25) is 0 Å². The Morgan fingerprint density at radius 1 is 1.28 bits per heavy atom. The normalized spacial score (nSPS) is 12.1. The number of hydrogen-bond acceptors (Lipinski definition) is 4. The van der Waals surface area contributed by atoms with Crippen molar-refractivity contribution in [1.29, 1.82) is 0 Å². The van der Waals surface area contributed by atoms with Crippen molar-refractivity contribution in [3.05, 3.63) is 40.3 Å². The average molecular weight is 287 g/mol. The first kappa shape index (κ1) is 14.7. The summed E-state index contributed by atoms with van der Waals surface area (Å²) in [5, 5.41) is 0. The Bertz CT molecular complexity index is 562. The second kappa shape index (κ2) is 5.51. The van der Waals surface area contributed by atoms with Crippen LogP contribution in [0.4, 0.5) is 0 Å². The number of hydrogen-bond donors (Lipinski definition) is 0. The highest BCUT2D eigenvalue weighted by atomic mass is 32.2. The van der Waals surface area contributed by atoms with Gasteiger partial charge in [0.1, 0.15) is 0 Å². The summed E-state index contributed by atoms with van der Waals surface area (Å²) in [5.41, 5.74) is 8.06. The minimum Gasteiger partial charge on any atom is -0.354 e. The SMILES string of the molecule is COC([SiH3])(OC)c1ccc(S(=O)(=O)N=[N+]=[N-])cc1. The van der Waals surface area contributed by atoms with E-state index in [2.05, 4.69) is 9.43 Å². The van der Waals surface area contributed by atoms with Gasteiger partial charge in [0.15, 0.2) is 5.41 Å². The molecule has 0 radical (unpaired) electrons. The van der Waals surface area contributed by atoms with Gasteiger partial charge >= 0.3 is 0 Å². The second-order valence-corrected chi connectivity index (χ2v) is 6.43. The van der Waals surface area contributed by atoms with E-state index in [9.17, 15) is 8.42 Å². The zero-order valence-corrected chi connectivity index (χ0v) is 13.0. The van der Waals surface area contributed by atoms with Gasteiger partial charge in [-0.1, -0.05) is 12.1 Å². The number of azide groups is 1. The van der Waals surface area contributed by atoms with E-state index in [1.54, 1.807) is 12.1 Å². The molecule has 0 fully saturated rings. The molecule has 18 heavy (non-hydrogen) atoms. The number of sulfonamides is 1. The zero-order chi connectivity index (χ0) is 13.8. The molecule has 7 nitrogen and oxygen atoms in total. The lowest BCUT2D eigenvalue weighted by molar-refractivity contribution is -0.148. The highest BCUT2D eigenvalue weighted by Crippen LogP contribution is 2.24. The van der Waals surface area contributed by atoms with Crippen molar-refractivity contribution >= 4 is 20.3 Å². The Morgan fingerprint density at radius 3 is 2.17 bits per heavy atom. The number of benzene rings is 1. The number of rotatable bonds is 5. The summed E-state index contributed by atoms with van der Waals surface area (Å²) < 4.78 is 36.2. The van der Waals surface area contributed by atoms with Crippen LogP contribution in [0.5, 0.6) is 0 Å². The molecule has 0 aromatic heterocycles. The molecule has 0 aliphatic rings. The summed E-state index contributed by atoms with van der Waals surface area (Å²) in [5.74, 6) is 0. The monoisotopic (exact) mass is 287 g/mol. The maximum Gasteiger partial charge on any atom is 0.264 e. The summed E-state index contributed by atoms with van der Waals surface area (Å²) in [6, 6.07) is 5.84. The quantitative estimate of drug-likeness (QED) is 0.258. The lowest BCUT2D eigenvalue weighted by Crippen LogP contribution is -2.31. The van der Waals surface area contributed by atoms with E-state index in [4.69, 9.17) is 15.0 Å². The topological polar surface area (TPSA) is 101 Å². The molecule has 0 N–H and O–H groups in total. The molecule has 0 bridgehead atoms. The van der Waals surface area contributed by atoms with Gasteiger partial charge < -0.3 is 9.47 Å². The molecular formula is C9H13N3O4SSi. The summed E-state index contributed by atoms with van der Waals surface area (Å²) >= 11 is 0. The van der Waals surface area contributed by atoms with E-state index < -0.39 is 15.4 Å². The number of methoxy groups -OCH3 is 2. The standard InChI is InChI=1S/C9H13N3O4SSi/c1-15-9(18,16-2)7-3-5-8(6-4-7)17(13,14)12-11-10/h3-6H,1-2,18H3. The molecule has 0 spiro atoms. The minimum absolute atomic E-state index is 0.0692. The van der Waals surface area contributed by atoms with Gasteiger partial charge in [-0.15, -0.1) is 0 Å². The maximum absolute atomic E-state index is 11.5. The molecule has 1 aromatic carbocycles. The molecular weight excluding hydrogens is 274 g/mol. The van der Waals surface area contributed by atoms with E-state index in [1.165, 1.54) is 26.4 Å². The second-order valence-electron chi connectivity index (χ2n) is 3.52. The fourth-order valence-corrected chi connectivity index (χ4v) is 2.35. The van der Waals surface area contributed by atoms with Gasteiger partial charge in [0.05, 0.1) is 15.1 Å². The van der Waals surface area contributed by atoms with Crippen LogP contribution in [0.25, 0.3) is 10.4 Å². The van der Waals surface area contributed by atoms with Gasteiger partial charge in [-0.05, 0) is 17.7 Å². The summed E-state index contributed by atoms with van der Waals surface area (Å²) in [4.78, 5) is 2.21. The van der Waals surface area contributed by atoms with E-state index in [-0.39, 0.29) is 4.90 Å². The Kier molecular flexibility index (Phi) is 4.49. The van der Waals surface area contributed by atoms with E-state index in [0.29, 0.717) is 15.8 Å². The molecule has 1 aromatic rings. The fourth-order valence-electron chi connectivity index (χ4n) is 1.34. The van der Waals surface area contributed by atoms with Crippen molar-refractivity contribution < 1.29 is 17.9 Å². The predicted molar refractivity (Wildman–Crippen MR) is 68.4 cm³/mol. The molecule has 1 rings (SSSR count). The zero-order valence-electron chi connectivity index (χ0n) is 10.2. The van der Waals surface area contributed by atoms with E-state index >= 15 is 0 Å². The van der Waals surface area contributed by atoms with Crippen molar-refractivity contribution in [2.24, 2.45) is 4.52 Å². The molecule has 0 aliphatic heterocycles. The van der Waals surface area contributed by atoms with Gasteiger partial charge in [-0.25, -0.2) is 8.42 Å². The summed E-state index contributed by atoms with van der Waals surface area (Å²) in [6.07, 6.45) is 0.